The molecule has 2 aromatic carbocycles. The number of hydrogen-bond donors (Lipinski definition) is 1. The minimum atomic E-state index is -4.00. The van der Waals surface area contributed by atoms with Crippen LogP contribution in [-0.2, 0) is 9.09 Å². The molecule has 1 unspecified atom stereocenters. The molecule has 0 saturated heterocycles. The smallest absolute Gasteiger partial charge is 0.321 e. The number of hydrogen-bond acceptors (Lipinski definition) is 3. The first kappa shape index (κ1) is 15.6. The van der Waals surface area contributed by atoms with Gasteiger partial charge in [-0.05, 0) is 25.5 Å². The van der Waals surface area contributed by atoms with Gasteiger partial charge in [0.25, 0.3) is 0 Å². The van der Waals surface area contributed by atoms with Crippen molar-refractivity contribution in [2.24, 2.45) is 0 Å². The van der Waals surface area contributed by atoms with Crippen molar-refractivity contribution in [2.75, 3.05) is 6.61 Å². The highest BCUT2D eigenvalue weighted by Crippen LogP contribution is 2.42. The average Bonchev–Trinajstić information content (AvgIpc) is 2.47. The van der Waals surface area contributed by atoms with Crippen molar-refractivity contribution in [2.45, 2.75) is 13.8 Å². The van der Waals surface area contributed by atoms with Gasteiger partial charge in [-0.2, -0.15) is 0 Å². The maximum absolute atomic E-state index is 12.7. The summed E-state index contributed by atoms with van der Waals surface area (Å²) in [5.74, 6) is -0.280. The third-order valence-corrected chi connectivity index (χ3v) is 4.71. The fraction of sp³-hybridized carbons (Fsp3) is 0.188. The molecule has 1 atom stereocenters. The molecule has 0 fully saturated rings. The van der Waals surface area contributed by atoms with E-state index in [0.717, 1.165) is 0 Å². The first-order chi connectivity index (χ1) is 9.97. The van der Waals surface area contributed by atoms with Crippen LogP contribution in [-0.4, -0.2) is 17.3 Å². The van der Waals surface area contributed by atoms with Crippen LogP contribution in [0.4, 0.5) is 0 Å². The number of aryl methyl sites for hydroxylation is 1. The Bertz CT molecular complexity index is 695. The highest BCUT2D eigenvalue weighted by Gasteiger charge is 2.29. The summed E-state index contributed by atoms with van der Waals surface area (Å²) in [6.07, 6.45) is 0. The maximum Gasteiger partial charge on any atom is 0.359 e. The van der Waals surface area contributed by atoms with Crippen molar-refractivity contribution < 1.29 is 18.8 Å². The van der Waals surface area contributed by atoms with Crippen molar-refractivity contribution in [1.82, 2.24) is 0 Å². The van der Waals surface area contributed by atoms with E-state index in [1.54, 1.807) is 50.2 Å². The van der Waals surface area contributed by atoms with E-state index in [4.69, 9.17) is 4.52 Å². The van der Waals surface area contributed by atoms with Gasteiger partial charge in [-0.1, -0.05) is 42.5 Å². The summed E-state index contributed by atoms with van der Waals surface area (Å²) in [5.41, 5.74) is 1.36. The molecule has 0 aliphatic rings. The first-order valence-corrected chi connectivity index (χ1v) is 8.22. The quantitative estimate of drug-likeness (QED) is 0.681. The number of benzene rings is 2. The molecule has 0 amide bonds. The molecule has 4 nitrogen and oxygen atoms in total. The molecule has 0 aromatic heterocycles. The van der Waals surface area contributed by atoms with Crippen LogP contribution in [0, 0.1) is 6.92 Å². The first-order valence-electron chi connectivity index (χ1n) is 6.64. The highest BCUT2D eigenvalue weighted by atomic mass is 31.2. The molecule has 2 aromatic rings. The lowest BCUT2D eigenvalue weighted by atomic mass is 9.99. The zero-order valence-electron chi connectivity index (χ0n) is 11.9. The Balaban J connectivity index is 2.59. The van der Waals surface area contributed by atoms with Gasteiger partial charge >= 0.3 is 7.60 Å². The van der Waals surface area contributed by atoms with Crippen molar-refractivity contribution in [3.05, 3.63) is 65.2 Å². The Morgan fingerprint density at radius 2 is 1.81 bits per heavy atom. The Labute approximate surface area is 123 Å². The van der Waals surface area contributed by atoms with Gasteiger partial charge < -0.3 is 9.42 Å². The Morgan fingerprint density at radius 3 is 2.43 bits per heavy atom. The van der Waals surface area contributed by atoms with E-state index in [0.29, 0.717) is 11.1 Å². The predicted molar refractivity (Wildman–Crippen MR) is 82.1 cm³/mol. The summed E-state index contributed by atoms with van der Waals surface area (Å²) in [4.78, 5) is 22.7. The molecule has 0 radical (unpaired) electrons. The maximum atomic E-state index is 12.7. The van der Waals surface area contributed by atoms with Gasteiger partial charge in [-0.3, -0.25) is 9.36 Å². The molecule has 0 heterocycles. The zero-order valence-corrected chi connectivity index (χ0v) is 12.8. The molecule has 0 aliphatic heterocycles. The van der Waals surface area contributed by atoms with Crippen molar-refractivity contribution in [1.29, 1.82) is 0 Å². The molecular formula is C16H17O4P. The Hall–Kier alpha value is -1.74. The van der Waals surface area contributed by atoms with Gasteiger partial charge in [0.2, 0.25) is 0 Å². The molecule has 1 N–H and O–H groups in total. The van der Waals surface area contributed by atoms with Gasteiger partial charge in [-0.15, -0.1) is 0 Å². The summed E-state index contributed by atoms with van der Waals surface area (Å²) in [5, 5.41) is 0.0539. The van der Waals surface area contributed by atoms with Crippen molar-refractivity contribution >= 4 is 18.7 Å². The van der Waals surface area contributed by atoms with Crippen LogP contribution < -0.4 is 5.30 Å². The van der Waals surface area contributed by atoms with Crippen LogP contribution in [0.3, 0.4) is 0 Å². The van der Waals surface area contributed by atoms with Crippen LogP contribution in [0.2, 0.25) is 0 Å². The lowest BCUT2D eigenvalue weighted by Crippen LogP contribution is -2.20. The fourth-order valence-corrected chi connectivity index (χ4v) is 3.49. The van der Waals surface area contributed by atoms with E-state index in [9.17, 15) is 14.3 Å². The average molecular weight is 304 g/mol. The molecular weight excluding hydrogens is 287 g/mol. The SMILES string of the molecule is CCOP(=O)(O)c1cccc(C)c1C(=O)c1ccccc1. The zero-order chi connectivity index (χ0) is 15.5. The Kier molecular flexibility index (Phi) is 4.73. The van der Waals surface area contributed by atoms with E-state index >= 15 is 0 Å². The molecule has 5 heteroatoms. The van der Waals surface area contributed by atoms with E-state index in [1.165, 1.54) is 6.07 Å². The lowest BCUT2D eigenvalue weighted by molar-refractivity contribution is 0.103. The predicted octanol–water partition coefficient (Wildman–Crippen LogP) is 3.07. The normalized spacial score (nSPS) is 13.7. The standard InChI is InChI=1S/C16H17O4P/c1-3-20-21(18,19)14-11-7-8-12(2)15(14)16(17)13-9-5-4-6-10-13/h4-11H,3H2,1-2H3,(H,18,19). The summed E-state index contributed by atoms with van der Waals surface area (Å²) in [6.45, 7) is 3.48. The monoisotopic (exact) mass is 304 g/mol. The second-order valence-electron chi connectivity index (χ2n) is 4.60. The summed E-state index contributed by atoms with van der Waals surface area (Å²) >= 11 is 0. The summed E-state index contributed by atoms with van der Waals surface area (Å²) in [7, 11) is -4.00. The molecule has 2 rings (SSSR count). The number of carbonyl (C=O) groups excluding carboxylic acids is 1. The molecule has 0 aliphatic carbocycles. The van der Waals surface area contributed by atoms with Crippen molar-refractivity contribution in [3.63, 3.8) is 0 Å². The second-order valence-corrected chi connectivity index (χ2v) is 6.38. The van der Waals surface area contributed by atoms with Gasteiger partial charge in [0.05, 0.1) is 11.9 Å². The van der Waals surface area contributed by atoms with Gasteiger partial charge in [0.1, 0.15) is 0 Å². The Morgan fingerprint density at radius 1 is 1.14 bits per heavy atom. The van der Waals surface area contributed by atoms with Crippen LogP contribution in [0.15, 0.2) is 48.5 Å². The molecule has 0 bridgehead atoms. The minimum absolute atomic E-state index is 0.0539. The third kappa shape index (κ3) is 3.30. The van der Waals surface area contributed by atoms with Crippen LogP contribution in [0.5, 0.6) is 0 Å². The van der Waals surface area contributed by atoms with E-state index in [-0.39, 0.29) is 23.3 Å². The number of carbonyl (C=O) groups is 1. The van der Waals surface area contributed by atoms with Gasteiger partial charge in [-0.25, -0.2) is 0 Å². The number of rotatable bonds is 5. The fourth-order valence-electron chi connectivity index (χ4n) is 2.16. The molecule has 110 valence electrons. The van der Waals surface area contributed by atoms with E-state index in [1.807, 2.05) is 6.07 Å². The van der Waals surface area contributed by atoms with Crippen molar-refractivity contribution in [3.8, 4) is 0 Å². The number of ketones is 1. The second kappa shape index (κ2) is 6.35. The van der Waals surface area contributed by atoms with Crippen LogP contribution in [0.1, 0.15) is 28.4 Å². The summed E-state index contributed by atoms with van der Waals surface area (Å²) < 4.78 is 17.3. The minimum Gasteiger partial charge on any atom is -0.321 e. The third-order valence-electron chi connectivity index (χ3n) is 3.12. The summed E-state index contributed by atoms with van der Waals surface area (Å²) in [6, 6.07) is 13.5. The van der Waals surface area contributed by atoms with Crippen LogP contribution in [0.25, 0.3) is 0 Å². The molecule has 0 saturated carbocycles. The largest absolute Gasteiger partial charge is 0.359 e. The van der Waals surface area contributed by atoms with E-state index < -0.39 is 7.60 Å². The van der Waals surface area contributed by atoms with Gasteiger partial charge in [0, 0.05) is 11.1 Å². The topological polar surface area (TPSA) is 63.6 Å². The van der Waals surface area contributed by atoms with Crippen LogP contribution >= 0.6 is 7.60 Å². The molecule has 21 heavy (non-hydrogen) atoms. The lowest BCUT2D eigenvalue weighted by Gasteiger charge is -2.16. The highest BCUT2D eigenvalue weighted by molar-refractivity contribution is 7.61. The molecule has 0 spiro atoms. The van der Waals surface area contributed by atoms with E-state index in [2.05, 4.69) is 0 Å². The van der Waals surface area contributed by atoms with Gasteiger partial charge in [0.15, 0.2) is 5.78 Å².